The maximum absolute atomic E-state index is 13.0. The molecule has 2 aromatic carbocycles. The monoisotopic (exact) mass is 514 g/mol. The summed E-state index contributed by atoms with van der Waals surface area (Å²) in [5.74, 6) is 0.369. The Hall–Kier alpha value is -4.45. The molecule has 3 aromatic heterocycles. The maximum Gasteiger partial charge on any atom is 0.289 e. The Morgan fingerprint density at radius 3 is 2.65 bits per heavy atom. The first kappa shape index (κ1) is 23.0. The summed E-state index contributed by atoms with van der Waals surface area (Å²) in [6, 6.07) is 12.7. The molecule has 0 saturated carbocycles. The van der Waals surface area contributed by atoms with E-state index in [1.54, 1.807) is 36.8 Å². The van der Waals surface area contributed by atoms with Gasteiger partial charge in [-0.25, -0.2) is 14.6 Å². The molecule has 0 bridgehead atoms. The third-order valence-corrected chi connectivity index (χ3v) is 7.44. The third-order valence-electron chi connectivity index (χ3n) is 6.44. The van der Waals surface area contributed by atoms with Crippen molar-refractivity contribution in [3.05, 3.63) is 70.3 Å². The van der Waals surface area contributed by atoms with Crippen LogP contribution in [-0.2, 0) is 0 Å². The van der Waals surface area contributed by atoms with Gasteiger partial charge in [0.25, 0.3) is 11.8 Å². The summed E-state index contributed by atoms with van der Waals surface area (Å²) in [4.78, 5) is 41.2. The van der Waals surface area contributed by atoms with Crippen molar-refractivity contribution < 1.29 is 14.2 Å². The number of thiazole rings is 1. The van der Waals surface area contributed by atoms with Gasteiger partial charge in [0.1, 0.15) is 16.7 Å². The van der Waals surface area contributed by atoms with E-state index in [-0.39, 0.29) is 17.7 Å². The normalized spacial score (nSPS) is 14.2. The molecule has 11 nitrogen and oxygen atoms in total. The number of hydrogen-bond donors (Lipinski definition) is 1. The van der Waals surface area contributed by atoms with E-state index in [1.807, 2.05) is 29.2 Å². The molecule has 0 spiro atoms. The lowest BCUT2D eigenvalue weighted by molar-refractivity contribution is 0.0713. The Bertz CT molecular complexity index is 1610. The molecular formula is C25H22N8O3S. The first-order chi connectivity index (χ1) is 18.0. The van der Waals surface area contributed by atoms with Gasteiger partial charge in [-0.05, 0) is 53.5 Å². The van der Waals surface area contributed by atoms with Gasteiger partial charge >= 0.3 is 0 Å². The van der Waals surface area contributed by atoms with E-state index in [1.165, 1.54) is 16.3 Å². The lowest BCUT2D eigenvalue weighted by Crippen LogP contribution is -2.40. The molecule has 1 aliphatic rings. The van der Waals surface area contributed by atoms with Crippen LogP contribution in [-0.4, -0.2) is 62.1 Å². The molecule has 37 heavy (non-hydrogen) atoms. The van der Waals surface area contributed by atoms with E-state index < -0.39 is 0 Å². The molecule has 0 atom stereocenters. The van der Waals surface area contributed by atoms with Crippen molar-refractivity contribution >= 4 is 51.0 Å². The number of rotatable bonds is 5. The molecule has 1 aliphatic heterocycles. The predicted octanol–water partition coefficient (Wildman–Crippen LogP) is 3.42. The van der Waals surface area contributed by atoms with Crippen molar-refractivity contribution in [3.8, 4) is 0 Å². The first-order valence-electron chi connectivity index (χ1n) is 11.8. The second kappa shape index (κ2) is 9.54. The van der Waals surface area contributed by atoms with Gasteiger partial charge in [-0.1, -0.05) is 12.1 Å². The molecule has 2 amide bonds. The van der Waals surface area contributed by atoms with Crippen molar-refractivity contribution in [2.75, 3.05) is 25.1 Å². The zero-order chi connectivity index (χ0) is 25.4. The minimum Gasteiger partial charge on any atom is -0.339 e. The Kier molecular flexibility index (Phi) is 5.93. The number of likely N-dealkylation sites (tertiary alicyclic amines) is 1. The molecule has 0 aliphatic carbocycles. The lowest BCUT2D eigenvalue weighted by atomic mass is 9.97. The molecule has 4 heterocycles. The molecule has 1 N–H and O–H groups in total. The fraction of sp³-hybridized carbons (Fsp3) is 0.240. The van der Waals surface area contributed by atoms with Crippen LogP contribution in [0.15, 0.2) is 58.7 Å². The Balaban J connectivity index is 1.06. The van der Waals surface area contributed by atoms with Crippen LogP contribution >= 0.6 is 11.3 Å². The highest BCUT2D eigenvalue weighted by Gasteiger charge is 2.27. The van der Waals surface area contributed by atoms with Crippen LogP contribution in [0.2, 0.25) is 0 Å². The number of amides is 2. The average molecular weight is 515 g/mol. The molecule has 6 rings (SSSR count). The molecule has 0 radical (unpaired) electrons. The highest BCUT2D eigenvalue weighted by molar-refractivity contribution is 7.09. The number of fused-ring (bicyclic) bond motifs is 2. The van der Waals surface area contributed by atoms with E-state index in [2.05, 4.69) is 30.7 Å². The average Bonchev–Trinajstić information content (AvgIpc) is 3.62. The van der Waals surface area contributed by atoms with Gasteiger partial charge in [0.05, 0.1) is 22.2 Å². The van der Waals surface area contributed by atoms with Gasteiger partial charge in [-0.15, -0.1) is 11.3 Å². The van der Waals surface area contributed by atoms with Gasteiger partial charge in [0, 0.05) is 37.0 Å². The van der Waals surface area contributed by atoms with Crippen LogP contribution in [0.5, 0.6) is 0 Å². The summed E-state index contributed by atoms with van der Waals surface area (Å²) < 4.78 is 4.72. The highest BCUT2D eigenvalue weighted by atomic mass is 32.1. The molecule has 5 aromatic rings. The lowest BCUT2D eigenvalue weighted by Gasteiger charge is -2.31. The SMILES string of the molecule is CN(NC(=O)c1csc(C2CCN(C(=O)c3ccc4nonc4c3)CC2)n1)c1cnc2ccccc2n1. The molecule has 12 heteroatoms. The van der Waals surface area contributed by atoms with E-state index >= 15 is 0 Å². The number of carbonyl (C=O) groups is 2. The van der Waals surface area contributed by atoms with Gasteiger partial charge in [0.15, 0.2) is 5.82 Å². The number of anilines is 1. The summed E-state index contributed by atoms with van der Waals surface area (Å²) in [7, 11) is 1.72. The summed E-state index contributed by atoms with van der Waals surface area (Å²) in [5, 5.41) is 11.8. The smallest absolute Gasteiger partial charge is 0.289 e. The second-order valence-electron chi connectivity index (χ2n) is 8.82. The number of hydrogen-bond acceptors (Lipinski definition) is 10. The minimum atomic E-state index is -0.315. The van der Waals surface area contributed by atoms with Crippen molar-refractivity contribution in [2.24, 2.45) is 0 Å². The van der Waals surface area contributed by atoms with E-state index in [9.17, 15) is 9.59 Å². The number of benzene rings is 2. The van der Waals surface area contributed by atoms with Crippen LogP contribution in [0.25, 0.3) is 22.1 Å². The van der Waals surface area contributed by atoms with Crippen molar-refractivity contribution in [2.45, 2.75) is 18.8 Å². The summed E-state index contributed by atoms with van der Waals surface area (Å²) >= 11 is 1.47. The number of para-hydroxylation sites is 2. The minimum absolute atomic E-state index is 0.0395. The maximum atomic E-state index is 13.0. The largest absolute Gasteiger partial charge is 0.339 e. The molecule has 0 unspecified atom stereocenters. The van der Waals surface area contributed by atoms with Crippen LogP contribution in [0.3, 0.4) is 0 Å². The second-order valence-corrected chi connectivity index (χ2v) is 9.71. The first-order valence-corrected chi connectivity index (χ1v) is 12.7. The standard InChI is InChI=1S/C25H22N8O3S/c1-32(22-13-26-17-4-2-3-5-18(17)27-22)29-23(34)21-14-37-24(28-21)15-8-10-33(11-9-15)25(35)16-6-7-19-20(12-16)31-36-30-19/h2-7,12-15H,8-11H2,1H3,(H,29,34). The van der Waals surface area contributed by atoms with E-state index in [4.69, 9.17) is 4.63 Å². The Morgan fingerprint density at radius 1 is 1.03 bits per heavy atom. The number of piperidine rings is 1. The van der Waals surface area contributed by atoms with E-state index in [0.29, 0.717) is 41.2 Å². The zero-order valence-electron chi connectivity index (χ0n) is 19.9. The van der Waals surface area contributed by atoms with Gasteiger partial charge in [-0.3, -0.25) is 25.0 Å². The van der Waals surface area contributed by atoms with Crippen molar-refractivity contribution in [3.63, 3.8) is 0 Å². The molecule has 1 saturated heterocycles. The fourth-order valence-corrected chi connectivity index (χ4v) is 5.35. The van der Waals surface area contributed by atoms with Crippen LogP contribution in [0.1, 0.15) is 44.6 Å². The van der Waals surface area contributed by atoms with Crippen molar-refractivity contribution in [1.29, 1.82) is 0 Å². The van der Waals surface area contributed by atoms with Gasteiger partial charge in [-0.2, -0.15) is 0 Å². The van der Waals surface area contributed by atoms with Gasteiger partial charge < -0.3 is 4.90 Å². The van der Waals surface area contributed by atoms with E-state index in [0.717, 1.165) is 28.9 Å². The molecule has 1 fully saturated rings. The summed E-state index contributed by atoms with van der Waals surface area (Å²) in [6.07, 6.45) is 3.17. The van der Waals surface area contributed by atoms with Gasteiger partial charge in [0.2, 0.25) is 0 Å². The summed E-state index contributed by atoms with van der Waals surface area (Å²) in [5.41, 5.74) is 6.45. The number of aromatic nitrogens is 5. The van der Waals surface area contributed by atoms with Crippen LogP contribution in [0.4, 0.5) is 5.82 Å². The number of nitrogens with zero attached hydrogens (tertiary/aromatic N) is 7. The summed E-state index contributed by atoms with van der Waals surface area (Å²) in [6.45, 7) is 1.23. The molecule has 186 valence electrons. The molecular weight excluding hydrogens is 492 g/mol. The third kappa shape index (κ3) is 4.58. The van der Waals surface area contributed by atoms with Crippen LogP contribution < -0.4 is 10.4 Å². The zero-order valence-corrected chi connectivity index (χ0v) is 20.7. The van der Waals surface area contributed by atoms with Crippen molar-refractivity contribution in [1.82, 2.24) is 35.6 Å². The fourth-order valence-electron chi connectivity index (χ4n) is 4.38. The van der Waals surface area contributed by atoms with Crippen LogP contribution in [0, 0.1) is 0 Å². The topological polar surface area (TPSA) is 130 Å². The number of carbonyl (C=O) groups excluding carboxylic acids is 2. The Morgan fingerprint density at radius 2 is 1.81 bits per heavy atom. The predicted molar refractivity (Wildman–Crippen MR) is 137 cm³/mol. The Labute approximate surface area is 215 Å². The highest BCUT2D eigenvalue weighted by Crippen LogP contribution is 2.31. The number of nitrogens with one attached hydrogen (secondary N) is 1. The quantitative estimate of drug-likeness (QED) is 0.351. The number of hydrazine groups is 1.